The van der Waals surface area contributed by atoms with Crippen molar-refractivity contribution in [2.75, 3.05) is 11.3 Å². The van der Waals surface area contributed by atoms with Gasteiger partial charge >= 0.3 is 0 Å². The number of rotatable bonds is 7. The van der Waals surface area contributed by atoms with Crippen LogP contribution in [0, 0.1) is 0 Å². The number of amides is 2. The molecule has 0 fully saturated rings. The first-order valence-electron chi connectivity index (χ1n) is 8.61. The maximum absolute atomic E-state index is 12.3. The summed E-state index contributed by atoms with van der Waals surface area (Å²) in [5.41, 5.74) is 2.20. The lowest BCUT2D eigenvalue weighted by Gasteiger charge is -2.14. The quantitative estimate of drug-likeness (QED) is 0.712. The molecule has 0 aliphatic carbocycles. The van der Waals surface area contributed by atoms with Gasteiger partial charge in [-0.25, -0.2) is 0 Å². The van der Waals surface area contributed by atoms with Crippen molar-refractivity contribution in [3.05, 3.63) is 65.2 Å². The summed E-state index contributed by atoms with van der Waals surface area (Å²) >= 11 is 0. The van der Waals surface area contributed by atoms with Crippen LogP contribution >= 0.6 is 0 Å². The fourth-order valence-corrected chi connectivity index (χ4v) is 4.04. The molecule has 0 radical (unpaired) electrons. The minimum atomic E-state index is -3.61. The van der Waals surface area contributed by atoms with Gasteiger partial charge < -0.3 is 0 Å². The van der Waals surface area contributed by atoms with Crippen LogP contribution in [0.3, 0.4) is 0 Å². The Morgan fingerprint density at radius 3 is 2.00 bits per heavy atom. The van der Waals surface area contributed by atoms with E-state index in [0.29, 0.717) is 23.2 Å². The third-order valence-corrected chi connectivity index (χ3v) is 5.39. The van der Waals surface area contributed by atoms with E-state index in [1.807, 2.05) is 0 Å². The van der Waals surface area contributed by atoms with Crippen LogP contribution in [-0.4, -0.2) is 37.7 Å². The van der Waals surface area contributed by atoms with Crippen LogP contribution < -0.4 is 9.44 Å². The highest BCUT2D eigenvalue weighted by Gasteiger charge is 2.34. The van der Waals surface area contributed by atoms with Gasteiger partial charge in [0, 0.05) is 18.3 Å². The van der Waals surface area contributed by atoms with Gasteiger partial charge in [-0.05, 0) is 50.1 Å². The van der Waals surface area contributed by atoms with E-state index < -0.39 is 10.2 Å². The van der Waals surface area contributed by atoms with E-state index in [-0.39, 0.29) is 24.4 Å². The second-order valence-corrected chi connectivity index (χ2v) is 8.08. The van der Waals surface area contributed by atoms with Gasteiger partial charge in [0.25, 0.3) is 22.0 Å². The zero-order chi connectivity index (χ0) is 19.6. The Morgan fingerprint density at radius 1 is 0.926 bits per heavy atom. The highest BCUT2D eigenvalue weighted by atomic mass is 32.2. The summed E-state index contributed by atoms with van der Waals surface area (Å²) in [6, 6.07) is 13.4. The van der Waals surface area contributed by atoms with E-state index in [2.05, 4.69) is 9.44 Å². The van der Waals surface area contributed by atoms with Crippen LogP contribution in [0.5, 0.6) is 0 Å². The summed E-state index contributed by atoms with van der Waals surface area (Å²) in [5.74, 6) is -0.556. The molecule has 0 bridgehead atoms. The molecule has 1 aliphatic rings. The molecular formula is C19H21N3O4S. The van der Waals surface area contributed by atoms with E-state index in [1.165, 1.54) is 4.90 Å². The Bertz CT molecular complexity index is 934. The number of nitrogens with one attached hydrogen (secondary N) is 2. The van der Waals surface area contributed by atoms with Crippen molar-refractivity contribution in [2.24, 2.45) is 0 Å². The Morgan fingerprint density at radius 2 is 1.48 bits per heavy atom. The zero-order valence-corrected chi connectivity index (χ0v) is 15.9. The number of carbonyl (C=O) groups is 2. The first-order valence-corrected chi connectivity index (χ1v) is 10.1. The monoisotopic (exact) mass is 387 g/mol. The topological polar surface area (TPSA) is 95.6 Å². The predicted octanol–water partition coefficient (Wildman–Crippen LogP) is 2.18. The van der Waals surface area contributed by atoms with Crippen molar-refractivity contribution in [3.8, 4) is 0 Å². The number of nitrogens with zero attached hydrogens (tertiary/aromatic N) is 1. The number of hydrogen-bond donors (Lipinski definition) is 2. The smallest absolute Gasteiger partial charge is 0.274 e. The Hall–Kier alpha value is -2.71. The molecule has 2 N–H and O–H groups in total. The largest absolute Gasteiger partial charge is 0.299 e. The van der Waals surface area contributed by atoms with Gasteiger partial charge in [-0.3, -0.25) is 19.2 Å². The van der Waals surface area contributed by atoms with Gasteiger partial charge in [-0.1, -0.05) is 24.3 Å². The van der Waals surface area contributed by atoms with Crippen LogP contribution in [-0.2, 0) is 16.6 Å². The number of hydrogen-bond acceptors (Lipinski definition) is 4. The zero-order valence-electron chi connectivity index (χ0n) is 15.1. The molecule has 0 saturated carbocycles. The van der Waals surface area contributed by atoms with Crippen molar-refractivity contribution in [1.82, 2.24) is 9.62 Å². The Balaban J connectivity index is 1.62. The van der Waals surface area contributed by atoms with Crippen LogP contribution in [0.15, 0.2) is 48.5 Å². The molecule has 0 saturated heterocycles. The number of carbonyl (C=O) groups excluding carboxylic acids is 2. The average molecular weight is 387 g/mol. The van der Waals surface area contributed by atoms with Crippen LogP contribution in [0.25, 0.3) is 0 Å². The normalized spacial score (nSPS) is 14.0. The Kier molecular flexibility index (Phi) is 5.29. The van der Waals surface area contributed by atoms with Crippen molar-refractivity contribution < 1.29 is 18.0 Å². The molecule has 3 rings (SSSR count). The molecule has 0 atom stereocenters. The van der Waals surface area contributed by atoms with Gasteiger partial charge in [0.1, 0.15) is 0 Å². The minimum absolute atomic E-state index is 0.207. The summed E-state index contributed by atoms with van der Waals surface area (Å²) < 4.78 is 28.6. The fourth-order valence-electron chi connectivity index (χ4n) is 2.92. The number of benzene rings is 2. The van der Waals surface area contributed by atoms with Crippen molar-refractivity contribution in [1.29, 1.82) is 0 Å². The standard InChI is InChI=1S/C19H21N3O4S/c1-13(2)20-27(25,26)21-15-9-7-14(8-10-15)11-12-22-18(23)16-5-3-4-6-17(16)19(22)24/h3-10,13,20-21H,11-12H2,1-2H3. The molecule has 2 aromatic rings. The SMILES string of the molecule is CC(C)NS(=O)(=O)Nc1ccc(CCN2C(=O)c3ccccc3C2=O)cc1. The predicted molar refractivity (Wildman–Crippen MR) is 103 cm³/mol. The van der Waals surface area contributed by atoms with Gasteiger partial charge in [0.2, 0.25) is 0 Å². The second-order valence-electron chi connectivity index (χ2n) is 6.63. The molecular weight excluding hydrogens is 366 g/mol. The summed E-state index contributed by atoms with van der Waals surface area (Å²) in [7, 11) is -3.61. The summed E-state index contributed by atoms with van der Waals surface area (Å²) in [6.07, 6.45) is 0.489. The van der Waals surface area contributed by atoms with Crippen molar-refractivity contribution >= 4 is 27.7 Å². The third kappa shape index (κ3) is 4.35. The molecule has 0 spiro atoms. The molecule has 0 aromatic heterocycles. The maximum atomic E-state index is 12.3. The van der Waals surface area contributed by atoms with Crippen LogP contribution in [0.1, 0.15) is 40.1 Å². The minimum Gasteiger partial charge on any atom is -0.274 e. The number of anilines is 1. The lowest BCUT2D eigenvalue weighted by Crippen LogP contribution is -2.35. The first kappa shape index (κ1) is 19.1. The van der Waals surface area contributed by atoms with E-state index in [9.17, 15) is 18.0 Å². The summed E-state index contributed by atoms with van der Waals surface area (Å²) in [6.45, 7) is 3.75. The first-order chi connectivity index (χ1) is 12.8. The van der Waals surface area contributed by atoms with E-state index in [1.54, 1.807) is 62.4 Å². The second kappa shape index (κ2) is 7.50. The van der Waals surface area contributed by atoms with Gasteiger partial charge in [0.05, 0.1) is 11.1 Å². The van der Waals surface area contributed by atoms with Gasteiger partial charge in [0.15, 0.2) is 0 Å². The highest BCUT2D eigenvalue weighted by molar-refractivity contribution is 7.90. The molecule has 0 unspecified atom stereocenters. The highest BCUT2D eigenvalue weighted by Crippen LogP contribution is 2.22. The third-order valence-electron chi connectivity index (χ3n) is 4.10. The number of imide groups is 1. The van der Waals surface area contributed by atoms with Crippen molar-refractivity contribution in [3.63, 3.8) is 0 Å². The fraction of sp³-hybridized carbons (Fsp3) is 0.263. The Labute approximate surface area is 158 Å². The molecule has 8 heteroatoms. The molecule has 2 amide bonds. The molecule has 27 heavy (non-hydrogen) atoms. The number of fused-ring (bicyclic) bond motifs is 1. The van der Waals surface area contributed by atoms with Crippen molar-refractivity contribution in [2.45, 2.75) is 26.3 Å². The average Bonchev–Trinajstić information content (AvgIpc) is 2.84. The van der Waals surface area contributed by atoms with Crippen LogP contribution in [0.2, 0.25) is 0 Å². The van der Waals surface area contributed by atoms with E-state index in [4.69, 9.17) is 0 Å². The maximum Gasteiger partial charge on any atom is 0.299 e. The summed E-state index contributed by atoms with van der Waals surface area (Å²) in [5, 5.41) is 0. The van der Waals surface area contributed by atoms with Crippen LogP contribution in [0.4, 0.5) is 5.69 Å². The lowest BCUT2D eigenvalue weighted by molar-refractivity contribution is 0.0656. The van der Waals surface area contributed by atoms with Gasteiger partial charge in [-0.2, -0.15) is 13.1 Å². The molecule has 142 valence electrons. The molecule has 1 aliphatic heterocycles. The molecule has 7 nitrogen and oxygen atoms in total. The van der Waals surface area contributed by atoms with E-state index >= 15 is 0 Å². The van der Waals surface area contributed by atoms with E-state index in [0.717, 1.165) is 5.56 Å². The van der Waals surface area contributed by atoms with Gasteiger partial charge in [-0.15, -0.1) is 0 Å². The lowest BCUT2D eigenvalue weighted by atomic mass is 10.1. The molecule has 2 aromatic carbocycles. The molecule has 1 heterocycles. The summed E-state index contributed by atoms with van der Waals surface area (Å²) in [4.78, 5) is 25.9.